The van der Waals surface area contributed by atoms with Gasteiger partial charge >= 0.3 is 0 Å². The number of halogens is 1. The molecule has 15 heavy (non-hydrogen) atoms. The molecule has 0 N–H and O–H groups in total. The maximum atomic E-state index is 6.26. The number of rotatable bonds is 0. The Labute approximate surface area is 97.9 Å². The number of hydrogen-bond donors (Lipinski definition) is 0. The Balaban J connectivity index is 3.21. The fourth-order valence-corrected chi connectivity index (χ4v) is 1.85. The summed E-state index contributed by atoms with van der Waals surface area (Å²) in [5.74, 6) is 0. The molecular formula is C13H20ClN. The molecule has 84 valence electrons. The molecule has 0 saturated carbocycles. The summed E-state index contributed by atoms with van der Waals surface area (Å²) in [5.41, 5.74) is 2.26. The molecule has 0 radical (unpaired) electrons. The molecule has 0 unspecified atom stereocenters. The van der Waals surface area contributed by atoms with Crippen molar-refractivity contribution in [1.29, 1.82) is 0 Å². The average Bonchev–Trinajstić information content (AvgIpc) is 1.99. The maximum absolute atomic E-state index is 6.26. The van der Waals surface area contributed by atoms with E-state index in [-0.39, 0.29) is 10.8 Å². The predicted molar refractivity (Wildman–Crippen MR) is 66.6 cm³/mol. The van der Waals surface area contributed by atoms with Crippen molar-refractivity contribution in [2.75, 3.05) is 0 Å². The van der Waals surface area contributed by atoms with Gasteiger partial charge in [0.05, 0.1) is 10.7 Å². The summed E-state index contributed by atoms with van der Waals surface area (Å²) in [6.45, 7) is 12.9. The molecule has 1 aromatic rings. The van der Waals surface area contributed by atoms with Crippen molar-refractivity contribution in [1.82, 2.24) is 4.98 Å². The van der Waals surface area contributed by atoms with E-state index in [0.29, 0.717) is 0 Å². The highest BCUT2D eigenvalue weighted by Crippen LogP contribution is 2.31. The molecule has 1 nitrogen and oxygen atoms in total. The van der Waals surface area contributed by atoms with E-state index in [4.69, 9.17) is 11.6 Å². The Morgan fingerprint density at radius 2 is 1.53 bits per heavy atom. The van der Waals surface area contributed by atoms with Gasteiger partial charge in [0.15, 0.2) is 0 Å². The molecule has 0 fully saturated rings. The highest BCUT2D eigenvalue weighted by molar-refractivity contribution is 6.31. The smallest absolute Gasteiger partial charge is 0.0643 e. The van der Waals surface area contributed by atoms with E-state index in [1.54, 1.807) is 0 Å². The Hall–Kier alpha value is -0.560. The van der Waals surface area contributed by atoms with Gasteiger partial charge in [-0.05, 0) is 17.0 Å². The highest BCUT2D eigenvalue weighted by Gasteiger charge is 2.21. The quantitative estimate of drug-likeness (QED) is 0.641. The van der Waals surface area contributed by atoms with E-state index in [1.807, 2.05) is 12.3 Å². The first-order chi connectivity index (χ1) is 6.62. The van der Waals surface area contributed by atoms with Crippen molar-refractivity contribution in [3.63, 3.8) is 0 Å². The third-order valence-electron chi connectivity index (χ3n) is 2.42. The van der Waals surface area contributed by atoms with Gasteiger partial charge in [0, 0.05) is 11.6 Å². The van der Waals surface area contributed by atoms with Crippen LogP contribution >= 0.6 is 11.6 Å². The van der Waals surface area contributed by atoms with Gasteiger partial charge in [-0.25, -0.2) is 0 Å². The third-order valence-corrected chi connectivity index (χ3v) is 2.71. The topological polar surface area (TPSA) is 12.9 Å². The Morgan fingerprint density at radius 1 is 1.00 bits per heavy atom. The minimum Gasteiger partial charge on any atom is -0.259 e. The van der Waals surface area contributed by atoms with Crippen LogP contribution < -0.4 is 0 Å². The van der Waals surface area contributed by atoms with E-state index in [9.17, 15) is 0 Å². The second kappa shape index (κ2) is 3.79. The summed E-state index contributed by atoms with van der Waals surface area (Å²) in [6.07, 6.45) is 1.94. The van der Waals surface area contributed by atoms with E-state index in [2.05, 4.69) is 46.5 Å². The second-order valence-electron chi connectivity index (χ2n) is 6.05. The molecule has 0 bridgehead atoms. The molecule has 0 aliphatic rings. The zero-order valence-electron chi connectivity index (χ0n) is 10.5. The third kappa shape index (κ3) is 2.94. The summed E-state index contributed by atoms with van der Waals surface area (Å²) in [7, 11) is 0. The normalized spacial score (nSPS) is 13.0. The number of aromatic nitrogens is 1. The molecule has 0 amide bonds. The molecule has 0 atom stereocenters. The molecule has 1 rings (SSSR count). The van der Waals surface area contributed by atoms with Gasteiger partial charge in [-0.15, -0.1) is 0 Å². The molecule has 1 heterocycles. The lowest BCUT2D eigenvalue weighted by molar-refractivity contribution is 0.557. The predicted octanol–water partition coefficient (Wildman–Crippen LogP) is 4.33. The first-order valence-corrected chi connectivity index (χ1v) is 5.66. The molecular weight excluding hydrogens is 206 g/mol. The van der Waals surface area contributed by atoms with E-state index in [0.717, 1.165) is 10.7 Å². The fraction of sp³-hybridized carbons (Fsp3) is 0.615. The summed E-state index contributed by atoms with van der Waals surface area (Å²) >= 11 is 6.26. The number of pyridine rings is 1. The zero-order chi connectivity index (χ0) is 11.9. The summed E-state index contributed by atoms with van der Waals surface area (Å²) in [5, 5.41) is 0.773. The summed E-state index contributed by atoms with van der Waals surface area (Å²) < 4.78 is 0. The van der Waals surface area contributed by atoms with E-state index in [1.165, 1.54) is 5.56 Å². The van der Waals surface area contributed by atoms with E-state index < -0.39 is 0 Å². The van der Waals surface area contributed by atoms with Crippen LogP contribution in [0.15, 0.2) is 12.3 Å². The first kappa shape index (κ1) is 12.5. The van der Waals surface area contributed by atoms with Crippen LogP contribution in [0.1, 0.15) is 52.8 Å². The Bertz CT molecular complexity index is 356. The average molecular weight is 226 g/mol. The summed E-state index contributed by atoms with van der Waals surface area (Å²) in [6, 6.07) is 2.04. The van der Waals surface area contributed by atoms with Crippen LogP contribution in [0.2, 0.25) is 5.02 Å². The lowest BCUT2D eigenvalue weighted by atomic mass is 9.86. The minimum atomic E-state index is 0.00744. The Kier molecular flexibility index (Phi) is 3.16. The maximum Gasteiger partial charge on any atom is 0.0643 e. The van der Waals surface area contributed by atoms with Crippen LogP contribution in [0.5, 0.6) is 0 Å². The van der Waals surface area contributed by atoms with Gasteiger partial charge in [0.1, 0.15) is 0 Å². The van der Waals surface area contributed by atoms with Gasteiger partial charge in [-0.2, -0.15) is 0 Å². The molecule has 0 aliphatic heterocycles. The van der Waals surface area contributed by atoms with Gasteiger partial charge in [-0.1, -0.05) is 53.1 Å². The van der Waals surface area contributed by atoms with Gasteiger partial charge < -0.3 is 0 Å². The van der Waals surface area contributed by atoms with Gasteiger partial charge in [0.2, 0.25) is 0 Å². The SMILES string of the molecule is CC(C)(C)c1cnc(C(C)(C)C)c(Cl)c1. The van der Waals surface area contributed by atoms with Crippen LogP contribution in [-0.2, 0) is 10.8 Å². The number of hydrogen-bond acceptors (Lipinski definition) is 1. The highest BCUT2D eigenvalue weighted by atomic mass is 35.5. The molecule has 0 saturated heterocycles. The second-order valence-corrected chi connectivity index (χ2v) is 6.46. The van der Waals surface area contributed by atoms with Gasteiger partial charge in [0.25, 0.3) is 0 Å². The fourth-order valence-electron chi connectivity index (χ4n) is 1.40. The molecule has 0 aromatic carbocycles. The first-order valence-electron chi connectivity index (χ1n) is 5.29. The lowest BCUT2D eigenvalue weighted by Crippen LogP contribution is -2.17. The van der Waals surface area contributed by atoms with Crippen molar-refractivity contribution in [2.24, 2.45) is 0 Å². The van der Waals surface area contributed by atoms with E-state index >= 15 is 0 Å². The van der Waals surface area contributed by atoms with Crippen molar-refractivity contribution in [3.8, 4) is 0 Å². The van der Waals surface area contributed by atoms with Crippen molar-refractivity contribution < 1.29 is 0 Å². The summed E-state index contributed by atoms with van der Waals surface area (Å²) in [4.78, 5) is 4.48. The standard InChI is InChI=1S/C13H20ClN/c1-12(2,3)9-7-10(14)11(15-8-9)13(4,5)6/h7-8H,1-6H3. The van der Waals surface area contributed by atoms with Crippen LogP contribution in [0.4, 0.5) is 0 Å². The van der Waals surface area contributed by atoms with Crippen molar-refractivity contribution in [3.05, 3.63) is 28.5 Å². The minimum absolute atomic E-state index is 0.00744. The zero-order valence-corrected chi connectivity index (χ0v) is 11.2. The van der Waals surface area contributed by atoms with Crippen LogP contribution in [0.3, 0.4) is 0 Å². The molecule has 0 spiro atoms. The van der Waals surface area contributed by atoms with Crippen LogP contribution in [0, 0.1) is 0 Å². The molecule has 1 aromatic heterocycles. The van der Waals surface area contributed by atoms with Crippen LogP contribution in [0.25, 0.3) is 0 Å². The number of nitrogens with zero attached hydrogens (tertiary/aromatic N) is 1. The van der Waals surface area contributed by atoms with Crippen molar-refractivity contribution >= 4 is 11.6 Å². The van der Waals surface area contributed by atoms with Crippen LogP contribution in [-0.4, -0.2) is 4.98 Å². The largest absolute Gasteiger partial charge is 0.259 e. The molecule has 0 aliphatic carbocycles. The Morgan fingerprint density at radius 3 is 1.87 bits per heavy atom. The monoisotopic (exact) mass is 225 g/mol. The lowest BCUT2D eigenvalue weighted by Gasteiger charge is -2.23. The molecule has 2 heteroatoms. The van der Waals surface area contributed by atoms with Crippen molar-refractivity contribution in [2.45, 2.75) is 52.4 Å². The van der Waals surface area contributed by atoms with Gasteiger partial charge in [-0.3, -0.25) is 4.98 Å².